The van der Waals surface area contributed by atoms with E-state index in [1.54, 1.807) is 0 Å². The quantitative estimate of drug-likeness (QED) is 0.281. The summed E-state index contributed by atoms with van der Waals surface area (Å²) in [6, 6.07) is 24.3. The lowest BCUT2D eigenvalue weighted by Crippen LogP contribution is -2.33. The number of fused-ring (bicyclic) bond motifs is 6. The molecule has 1 atom stereocenters. The molecule has 38 heavy (non-hydrogen) atoms. The predicted molar refractivity (Wildman–Crippen MR) is 152 cm³/mol. The van der Waals surface area contributed by atoms with Gasteiger partial charge in [-0.15, -0.1) is 0 Å². The van der Waals surface area contributed by atoms with Gasteiger partial charge in [-0.1, -0.05) is 30.3 Å². The second-order valence-electron chi connectivity index (χ2n) is 10.1. The van der Waals surface area contributed by atoms with Crippen molar-refractivity contribution < 1.29 is 14.3 Å². The summed E-state index contributed by atoms with van der Waals surface area (Å²) in [5.41, 5.74) is 8.51. The number of hydrogen-bond acceptors (Lipinski definition) is 5. The third-order valence-corrected chi connectivity index (χ3v) is 8.04. The highest BCUT2D eigenvalue weighted by atomic mass is 16.6. The monoisotopic (exact) mass is 504 g/mol. The molecule has 2 aliphatic heterocycles. The molecule has 0 amide bonds. The van der Waals surface area contributed by atoms with Crippen LogP contribution in [0.25, 0.3) is 0 Å². The van der Waals surface area contributed by atoms with Gasteiger partial charge in [0.1, 0.15) is 11.5 Å². The summed E-state index contributed by atoms with van der Waals surface area (Å²) in [5, 5.41) is 3.64. The minimum absolute atomic E-state index is 0.321. The van der Waals surface area contributed by atoms with Crippen LogP contribution in [0.1, 0.15) is 57.6 Å². The average molecular weight is 505 g/mol. The Kier molecular flexibility index (Phi) is 5.68. The second kappa shape index (κ2) is 8.95. The van der Waals surface area contributed by atoms with Gasteiger partial charge in [0.15, 0.2) is 5.60 Å². The zero-order valence-electron chi connectivity index (χ0n) is 22.5. The third-order valence-electron chi connectivity index (χ3n) is 8.04. The van der Waals surface area contributed by atoms with Crippen molar-refractivity contribution in [2.75, 3.05) is 23.3 Å². The topological polar surface area (TPSA) is 50.8 Å². The van der Waals surface area contributed by atoms with Crippen molar-refractivity contribution in [3.63, 3.8) is 0 Å². The lowest BCUT2D eigenvalue weighted by molar-refractivity contribution is 0.0224. The number of aryl methyl sites for hydroxylation is 2. The molecular formula is C33H32N2O3. The number of nitrogens with zero attached hydrogens (tertiary/aromatic N) is 1. The number of carbonyl (C=O) groups excluding carboxylic acids is 1. The number of rotatable bonds is 5. The fraction of sp³-hybridized carbons (Fsp3) is 0.242. The number of hydrogen-bond donors (Lipinski definition) is 1. The van der Waals surface area contributed by atoms with Gasteiger partial charge >= 0.3 is 5.97 Å². The first kappa shape index (κ1) is 24.1. The van der Waals surface area contributed by atoms with E-state index in [2.05, 4.69) is 75.2 Å². The van der Waals surface area contributed by atoms with Crippen LogP contribution < -0.4 is 15.0 Å². The summed E-state index contributed by atoms with van der Waals surface area (Å²) in [6.07, 6.45) is 0. The van der Waals surface area contributed by atoms with Gasteiger partial charge in [-0.2, -0.15) is 0 Å². The Hall–Kier alpha value is -4.25. The Morgan fingerprint density at radius 3 is 2.34 bits per heavy atom. The van der Waals surface area contributed by atoms with Gasteiger partial charge in [0.05, 0.1) is 5.56 Å². The molecule has 2 heterocycles. The van der Waals surface area contributed by atoms with E-state index in [-0.39, 0.29) is 5.97 Å². The minimum Gasteiger partial charge on any atom is -0.456 e. The van der Waals surface area contributed by atoms with Crippen LogP contribution >= 0.6 is 0 Å². The average Bonchev–Trinajstić information content (AvgIpc) is 3.20. The van der Waals surface area contributed by atoms with E-state index in [1.165, 1.54) is 11.1 Å². The van der Waals surface area contributed by atoms with E-state index in [1.807, 2.05) is 42.5 Å². The Morgan fingerprint density at radius 1 is 0.763 bits per heavy atom. The SMILES string of the molecule is CCN(CC)c1ccc2c(c1)C1(OC2=O)c2ccccc2Oc2cc(C)c(Nc3cccc(C)c3C)cc21. The Bertz CT molecular complexity index is 1590. The van der Waals surface area contributed by atoms with Crippen LogP contribution in [0.4, 0.5) is 17.1 Å². The van der Waals surface area contributed by atoms with Crippen LogP contribution in [-0.4, -0.2) is 19.1 Å². The van der Waals surface area contributed by atoms with Gasteiger partial charge in [0.25, 0.3) is 0 Å². The molecule has 6 rings (SSSR count). The molecule has 0 aliphatic carbocycles. The van der Waals surface area contributed by atoms with Gasteiger partial charge in [0, 0.05) is 46.8 Å². The Morgan fingerprint density at radius 2 is 1.55 bits per heavy atom. The number of ether oxygens (including phenoxy) is 2. The van der Waals surface area contributed by atoms with Crippen molar-refractivity contribution in [3.05, 3.63) is 112 Å². The molecule has 0 bridgehead atoms. The van der Waals surface area contributed by atoms with Crippen molar-refractivity contribution in [1.29, 1.82) is 0 Å². The molecule has 4 aromatic rings. The molecule has 0 saturated heterocycles. The number of benzene rings is 4. The molecule has 192 valence electrons. The zero-order valence-corrected chi connectivity index (χ0v) is 22.5. The summed E-state index contributed by atoms with van der Waals surface area (Å²) in [4.78, 5) is 15.7. The summed E-state index contributed by atoms with van der Waals surface area (Å²) in [5.74, 6) is 1.07. The van der Waals surface area contributed by atoms with E-state index >= 15 is 0 Å². The summed E-state index contributed by atoms with van der Waals surface area (Å²) >= 11 is 0. The number of anilines is 3. The van der Waals surface area contributed by atoms with Crippen molar-refractivity contribution in [2.45, 2.75) is 40.2 Å². The molecule has 0 saturated carbocycles. The maximum Gasteiger partial charge on any atom is 0.340 e. The first-order valence-corrected chi connectivity index (χ1v) is 13.3. The first-order valence-electron chi connectivity index (χ1n) is 13.3. The molecule has 0 radical (unpaired) electrons. The molecular weight excluding hydrogens is 472 g/mol. The Labute approximate surface area is 224 Å². The third kappa shape index (κ3) is 3.49. The highest BCUT2D eigenvalue weighted by Gasteiger charge is 2.54. The minimum atomic E-state index is -1.11. The summed E-state index contributed by atoms with van der Waals surface area (Å²) in [7, 11) is 0. The molecule has 5 heteroatoms. The fourth-order valence-corrected chi connectivity index (χ4v) is 5.75. The van der Waals surface area contributed by atoms with Crippen molar-refractivity contribution >= 4 is 23.0 Å². The van der Waals surface area contributed by atoms with Crippen LogP contribution in [0.5, 0.6) is 11.5 Å². The van der Waals surface area contributed by atoms with Crippen LogP contribution in [-0.2, 0) is 10.3 Å². The van der Waals surface area contributed by atoms with Crippen molar-refractivity contribution in [3.8, 4) is 11.5 Å². The molecule has 4 aromatic carbocycles. The zero-order chi connectivity index (χ0) is 26.6. The van der Waals surface area contributed by atoms with Gasteiger partial charge in [-0.25, -0.2) is 4.79 Å². The van der Waals surface area contributed by atoms with E-state index < -0.39 is 5.60 Å². The standard InChI is InChI=1S/C33H32N2O3/c1-6-35(7-2)23-15-16-24-26(18-23)33(38-32(24)36)25-12-8-9-14-30(25)37-31-17-21(4)29(19-27(31)33)34-28-13-10-11-20(3)22(28)5/h8-19,34H,6-7H2,1-5H3. The van der Waals surface area contributed by atoms with E-state index in [4.69, 9.17) is 9.47 Å². The fourth-order valence-electron chi connectivity index (χ4n) is 5.75. The Balaban J connectivity index is 1.60. The van der Waals surface area contributed by atoms with E-state index in [0.717, 1.165) is 52.4 Å². The van der Waals surface area contributed by atoms with Gasteiger partial charge < -0.3 is 19.7 Å². The number of nitrogens with one attached hydrogen (secondary N) is 1. The summed E-state index contributed by atoms with van der Waals surface area (Å²) < 4.78 is 12.9. The maximum atomic E-state index is 13.4. The lowest BCUT2D eigenvalue weighted by Gasteiger charge is -2.37. The summed E-state index contributed by atoms with van der Waals surface area (Å²) in [6.45, 7) is 12.3. The predicted octanol–water partition coefficient (Wildman–Crippen LogP) is 7.77. The molecule has 5 nitrogen and oxygen atoms in total. The highest BCUT2D eigenvalue weighted by molar-refractivity contribution is 5.98. The van der Waals surface area contributed by atoms with Crippen molar-refractivity contribution in [1.82, 2.24) is 0 Å². The molecule has 1 N–H and O–H groups in total. The molecule has 0 fully saturated rings. The van der Waals surface area contributed by atoms with Gasteiger partial charge in [-0.3, -0.25) is 0 Å². The normalized spacial score (nSPS) is 16.8. The number of esters is 1. The highest BCUT2D eigenvalue weighted by Crippen LogP contribution is 2.57. The van der Waals surface area contributed by atoms with E-state index in [9.17, 15) is 4.79 Å². The van der Waals surface area contributed by atoms with Gasteiger partial charge in [-0.05, 0) is 93.8 Å². The van der Waals surface area contributed by atoms with Crippen LogP contribution in [0.3, 0.4) is 0 Å². The number of para-hydroxylation sites is 1. The smallest absolute Gasteiger partial charge is 0.340 e. The second-order valence-corrected chi connectivity index (χ2v) is 10.1. The maximum absolute atomic E-state index is 13.4. The van der Waals surface area contributed by atoms with Crippen molar-refractivity contribution in [2.24, 2.45) is 0 Å². The van der Waals surface area contributed by atoms with Crippen LogP contribution in [0, 0.1) is 20.8 Å². The first-order chi connectivity index (χ1) is 18.4. The number of carbonyl (C=O) groups is 1. The molecule has 0 aromatic heterocycles. The molecule has 1 unspecified atom stereocenters. The van der Waals surface area contributed by atoms with Crippen LogP contribution in [0.2, 0.25) is 0 Å². The van der Waals surface area contributed by atoms with Crippen LogP contribution in [0.15, 0.2) is 72.8 Å². The van der Waals surface area contributed by atoms with E-state index in [0.29, 0.717) is 17.1 Å². The molecule has 2 aliphatic rings. The lowest BCUT2D eigenvalue weighted by atomic mass is 9.77. The largest absolute Gasteiger partial charge is 0.456 e. The molecule has 1 spiro atoms. The van der Waals surface area contributed by atoms with Gasteiger partial charge in [0.2, 0.25) is 0 Å².